The van der Waals surface area contributed by atoms with Crippen LogP contribution in [0.4, 0.5) is 5.13 Å². The molecule has 7 heteroatoms. The fraction of sp³-hybridized carbons (Fsp3) is 0.643. The van der Waals surface area contributed by atoms with E-state index in [-0.39, 0.29) is 24.1 Å². The van der Waals surface area contributed by atoms with E-state index in [4.69, 9.17) is 4.74 Å². The first kappa shape index (κ1) is 17.6. The molecule has 0 radical (unpaired) electrons. The first-order chi connectivity index (χ1) is 9.80. The molecule has 0 unspecified atom stereocenters. The molecule has 0 saturated heterocycles. The first-order valence-electron chi connectivity index (χ1n) is 6.75. The van der Waals surface area contributed by atoms with Gasteiger partial charge in [0, 0.05) is 11.8 Å². The van der Waals surface area contributed by atoms with Crippen LogP contribution in [-0.2, 0) is 25.5 Å². The van der Waals surface area contributed by atoms with Crippen molar-refractivity contribution < 1.29 is 19.1 Å². The van der Waals surface area contributed by atoms with Crippen LogP contribution in [0.5, 0.6) is 0 Å². The molecule has 0 aliphatic carbocycles. The molecule has 0 aliphatic heterocycles. The third kappa shape index (κ3) is 7.77. The van der Waals surface area contributed by atoms with E-state index in [9.17, 15) is 9.59 Å². The molecule has 6 nitrogen and oxygen atoms in total. The molecule has 0 aliphatic rings. The maximum absolute atomic E-state index is 11.7. The Bertz CT molecular complexity index is 480. The number of hydrogen-bond donors (Lipinski definition) is 1. The predicted molar refractivity (Wildman–Crippen MR) is 81.4 cm³/mol. The second-order valence-corrected chi connectivity index (χ2v) is 6.38. The van der Waals surface area contributed by atoms with Gasteiger partial charge in [-0.3, -0.25) is 14.9 Å². The largest absolute Gasteiger partial charge is 0.469 e. The lowest BCUT2D eigenvalue weighted by atomic mass is 10.2. The molecular formula is C14H22N2O4S. The summed E-state index contributed by atoms with van der Waals surface area (Å²) in [5.41, 5.74) is 0.509. The quantitative estimate of drug-likeness (QED) is 0.782. The average Bonchev–Trinajstić information content (AvgIpc) is 2.83. The standard InChI is InChI=1S/C14H22N2O4S/c1-14(2,3)20-8-11(17)16-13-15-10(9-21-13)6-5-7-12(18)19-4/h9H,5-8H2,1-4H3,(H,15,16,17). The summed E-state index contributed by atoms with van der Waals surface area (Å²) >= 11 is 1.36. The van der Waals surface area contributed by atoms with Gasteiger partial charge in [0.15, 0.2) is 5.13 Å². The molecule has 1 aromatic heterocycles. The Morgan fingerprint density at radius 1 is 1.38 bits per heavy atom. The van der Waals surface area contributed by atoms with Crippen LogP contribution in [0.2, 0.25) is 0 Å². The molecule has 0 atom stereocenters. The number of aromatic nitrogens is 1. The van der Waals surface area contributed by atoms with E-state index in [0.29, 0.717) is 24.4 Å². The fourth-order valence-electron chi connectivity index (χ4n) is 1.43. The summed E-state index contributed by atoms with van der Waals surface area (Å²) in [4.78, 5) is 27.0. The molecule has 1 heterocycles. The summed E-state index contributed by atoms with van der Waals surface area (Å²) in [6.07, 6.45) is 1.73. The smallest absolute Gasteiger partial charge is 0.305 e. The molecule has 0 bridgehead atoms. The molecule has 0 fully saturated rings. The number of nitrogens with one attached hydrogen (secondary N) is 1. The Balaban J connectivity index is 2.34. The second kappa shape index (κ2) is 8.09. The summed E-state index contributed by atoms with van der Waals surface area (Å²) in [5.74, 6) is -0.446. The number of rotatable bonds is 7. The number of nitrogens with zero attached hydrogens (tertiary/aromatic N) is 1. The number of hydrogen-bond acceptors (Lipinski definition) is 6. The van der Waals surface area contributed by atoms with E-state index in [1.165, 1.54) is 18.4 Å². The van der Waals surface area contributed by atoms with Crippen molar-refractivity contribution in [3.63, 3.8) is 0 Å². The number of thiazole rings is 1. The van der Waals surface area contributed by atoms with E-state index >= 15 is 0 Å². The molecule has 1 rings (SSSR count). The van der Waals surface area contributed by atoms with Gasteiger partial charge in [-0.15, -0.1) is 11.3 Å². The number of amides is 1. The van der Waals surface area contributed by atoms with Gasteiger partial charge in [0.1, 0.15) is 6.61 Å². The van der Waals surface area contributed by atoms with Crippen LogP contribution in [0.15, 0.2) is 5.38 Å². The number of methoxy groups -OCH3 is 1. The highest BCUT2D eigenvalue weighted by atomic mass is 32.1. The Kier molecular flexibility index (Phi) is 6.77. The lowest BCUT2D eigenvalue weighted by Gasteiger charge is -2.18. The zero-order chi connectivity index (χ0) is 15.9. The zero-order valence-corrected chi connectivity index (χ0v) is 13.7. The van der Waals surface area contributed by atoms with E-state index < -0.39 is 0 Å². The van der Waals surface area contributed by atoms with E-state index in [1.54, 1.807) is 0 Å². The summed E-state index contributed by atoms with van der Waals surface area (Å²) in [7, 11) is 1.37. The second-order valence-electron chi connectivity index (χ2n) is 5.52. The number of anilines is 1. The third-order valence-electron chi connectivity index (χ3n) is 2.48. The first-order valence-corrected chi connectivity index (χ1v) is 7.63. The van der Waals surface area contributed by atoms with Crippen LogP contribution in [0.3, 0.4) is 0 Å². The van der Waals surface area contributed by atoms with E-state index in [1.807, 2.05) is 26.2 Å². The average molecular weight is 314 g/mol. The molecule has 1 aromatic rings. The Morgan fingerprint density at radius 3 is 2.71 bits per heavy atom. The van der Waals surface area contributed by atoms with Gasteiger partial charge < -0.3 is 9.47 Å². The number of ether oxygens (including phenoxy) is 2. The maximum atomic E-state index is 11.7. The third-order valence-corrected chi connectivity index (χ3v) is 3.28. The number of esters is 1. The number of carbonyl (C=O) groups is 2. The van der Waals surface area contributed by atoms with Crippen LogP contribution >= 0.6 is 11.3 Å². The highest BCUT2D eigenvalue weighted by molar-refractivity contribution is 7.13. The summed E-state index contributed by atoms with van der Waals surface area (Å²) < 4.78 is 9.96. The molecular weight excluding hydrogens is 292 g/mol. The van der Waals surface area contributed by atoms with E-state index in [2.05, 4.69) is 15.0 Å². The van der Waals surface area contributed by atoms with Gasteiger partial charge in [-0.2, -0.15) is 0 Å². The SMILES string of the molecule is COC(=O)CCCc1csc(NC(=O)COC(C)(C)C)n1. The highest BCUT2D eigenvalue weighted by Crippen LogP contribution is 2.17. The van der Waals surface area contributed by atoms with Gasteiger partial charge in [-0.25, -0.2) is 4.98 Å². The topological polar surface area (TPSA) is 77.5 Å². The molecule has 0 saturated carbocycles. The monoisotopic (exact) mass is 314 g/mol. The van der Waals surface area contributed by atoms with Crippen molar-refractivity contribution in [1.82, 2.24) is 4.98 Å². The van der Waals surface area contributed by atoms with Gasteiger partial charge in [0.2, 0.25) is 0 Å². The fourth-order valence-corrected chi connectivity index (χ4v) is 2.19. The Labute approximate surface area is 128 Å². The van der Waals surface area contributed by atoms with Crippen LogP contribution in [0.1, 0.15) is 39.3 Å². The summed E-state index contributed by atoms with van der Waals surface area (Å²) in [5, 5.41) is 5.12. The van der Waals surface area contributed by atoms with Crippen molar-refractivity contribution in [2.45, 2.75) is 45.6 Å². The molecule has 1 amide bonds. The van der Waals surface area contributed by atoms with Crippen molar-refractivity contribution >= 4 is 28.3 Å². The van der Waals surface area contributed by atoms with Crippen molar-refractivity contribution in [2.24, 2.45) is 0 Å². The van der Waals surface area contributed by atoms with Crippen molar-refractivity contribution in [3.05, 3.63) is 11.1 Å². The molecule has 1 N–H and O–H groups in total. The van der Waals surface area contributed by atoms with E-state index in [0.717, 1.165) is 5.69 Å². The lowest BCUT2D eigenvalue weighted by Crippen LogP contribution is -2.27. The lowest BCUT2D eigenvalue weighted by molar-refractivity contribution is -0.140. The predicted octanol–water partition coefficient (Wildman–Crippen LogP) is 2.39. The van der Waals surface area contributed by atoms with Crippen molar-refractivity contribution in [1.29, 1.82) is 0 Å². The molecule has 118 valence electrons. The Morgan fingerprint density at radius 2 is 2.10 bits per heavy atom. The molecule has 21 heavy (non-hydrogen) atoms. The van der Waals surface area contributed by atoms with Crippen LogP contribution in [0.25, 0.3) is 0 Å². The minimum Gasteiger partial charge on any atom is -0.469 e. The van der Waals surface area contributed by atoms with Crippen LogP contribution < -0.4 is 5.32 Å². The van der Waals surface area contributed by atoms with Gasteiger partial charge in [-0.05, 0) is 33.6 Å². The molecule has 0 spiro atoms. The summed E-state index contributed by atoms with van der Waals surface area (Å²) in [6, 6.07) is 0. The van der Waals surface area contributed by atoms with Crippen LogP contribution in [-0.4, -0.2) is 36.2 Å². The highest BCUT2D eigenvalue weighted by Gasteiger charge is 2.14. The minimum atomic E-state index is -0.348. The normalized spacial score (nSPS) is 11.2. The van der Waals surface area contributed by atoms with Crippen molar-refractivity contribution in [3.8, 4) is 0 Å². The molecule has 0 aromatic carbocycles. The van der Waals surface area contributed by atoms with Crippen LogP contribution in [0, 0.1) is 0 Å². The zero-order valence-electron chi connectivity index (χ0n) is 12.9. The van der Waals surface area contributed by atoms with Gasteiger partial charge in [-0.1, -0.05) is 0 Å². The van der Waals surface area contributed by atoms with Gasteiger partial charge in [0.05, 0.1) is 18.4 Å². The maximum Gasteiger partial charge on any atom is 0.305 e. The minimum absolute atomic E-state index is 0.000748. The number of carbonyl (C=O) groups excluding carboxylic acids is 2. The number of aryl methyl sites for hydroxylation is 1. The summed E-state index contributed by atoms with van der Waals surface area (Å²) in [6.45, 7) is 5.68. The van der Waals surface area contributed by atoms with Gasteiger partial charge in [0.25, 0.3) is 5.91 Å². The van der Waals surface area contributed by atoms with Crippen molar-refractivity contribution in [2.75, 3.05) is 19.0 Å². The van der Waals surface area contributed by atoms with Gasteiger partial charge >= 0.3 is 5.97 Å². The Hall–Kier alpha value is -1.47.